The molecular formula is C10H14F3N5OS. The van der Waals surface area contributed by atoms with E-state index in [0.29, 0.717) is 17.8 Å². The second kappa shape index (κ2) is 5.51. The first-order valence-electron chi connectivity index (χ1n) is 6.04. The molecule has 0 spiro atoms. The number of rotatable bonds is 3. The largest absolute Gasteiger partial charge is 0.453 e. The number of thioether (sulfide) groups is 1. The number of carbonyl (C=O) groups is 1. The zero-order valence-corrected chi connectivity index (χ0v) is 11.5. The predicted molar refractivity (Wildman–Crippen MR) is 66.3 cm³/mol. The number of amides is 1. The Kier molecular flexibility index (Phi) is 4.11. The summed E-state index contributed by atoms with van der Waals surface area (Å²) in [6.45, 7) is 2.99. The second-order valence-corrected chi connectivity index (χ2v) is 5.77. The van der Waals surface area contributed by atoms with E-state index in [9.17, 15) is 18.0 Å². The molecule has 6 nitrogen and oxygen atoms in total. The standard InChI is InChI=1S/C10H14F3N5OS/c1-6(7(19)17-4-2-3-5-17)20-9-16-15-8(18(9)14)10(11,12)13/h6H,2-5,14H2,1H3/t6-/m1/s1. The van der Waals surface area contributed by atoms with Crippen LogP contribution >= 0.6 is 11.8 Å². The van der Waals surface area contributed by atoms with Crippen LogP contribution in [-0.4, -0.2) is 44.0 Å². The van der Waals surface area contributed by atoms with Crippen LogP contribution in [0.2, 0.25) is 0 Å². The molecule has 10 heteroatoms. The molecule has 1 atom stereocenters. The molecule has 112 valence electrons. The van der Waals surface area contributed by atoms with Gasteiger partial charge in [0.05, 0.1) is 5.25 Å². The van der Waals surface area contributed by atoms with Crippen LogP contribution in [0.15, 0.2) is 5.16 Å². The molecule has 0 bridgehead atoms. The van der Waals surface area contributed by atoms with E-state index in [-0.39, 0.29) is 11.1 Å². The van der Waals surface area contributed by atoms with E-state index in [1.54, 1.807) is 11.8 Å². The molecule has 1 aromatic heterocycles. The zero-order chi connectivity index (χ0) is 14.9. The topological polar surface area (TPSA) is 77.0 Å². The van der Waals surface area contributed by atoms with Gasteiger partial charge in [0.1, 0.15) is 0 Å². The van der Waals surface area contributed by atoms with Crippen LogP contribution in [0, 0.1) is 0 Å². The summed E-state index contributed by atoms with van der Waals surface area (Å²) in [5, 5.41) is 5.72. The average molecular weight is 309 g/mol. The minimum atomic E-state index is -4.66. The molecular weight excluding hydrogens is 295 g/mol. The summed E-state index contributed by atoms with van der Waals surface area (Å²) < 4.78 is 37.9. The van der Waals surface area contributed by atoms with Crippen molar-refractivity contribution in [3.8, 4) is 0 Å². The maximum absolute atomic E-state index is 12.5. The number of nitrogens with zero attached hydrogens (tertiary/aromatic N) is 4. The van der Waals surface area contributed by atoms with Gasteiger partial charge in [0.15, 0.2) is 0 Å². The van der Waals surface area contributed by atoms with Crippen LogP contribution in [0.25, 0.3) is 0 Å². The van der Waals surface area contributed by atoms with Gasteiger partial charge in [-0.1, -0.05) is 11.8 Å². The van der Waals surface area contributed by atoms with E-state index >= 15 is 0 Å². The van der Waals surface area contributed by atoms with Crippen molar-refractivity contribution in [1.82, 2.24) is 19.8 Å². The molecule has 1 amide bonds. The monoisotopic (exact) mass is 309 g/mol. The first-order valence-corrected chi connectivity index (χ1v) is 6.92. The molecule has 1 aliphatic heterocycles. The third-order valence-electron chi connectivity index (χ3n) is 2.97. The summed E-state index contributed by atoms with van der Waals surface area (Å²) in [6.07, 6.45) is -2.76. The maximum atomic E-state index is 12.5. The molecule has 0 aliphatic carbocycles. The van der Waals surface area contributed by atoms with Crippen molar-refractivity contribution in [1.29, 1.82) is 0 Å². The van der Waals surface area contributed by atoms with Gasteiger partial charge in [0, 0.05) is 13.1 Å². The number of hydrogen-bond acceptors (Lipinski definition) is 5. The van der Waals surface area contributed by atoms with Gasteiger partial charge in [-0.2, -0.15) is 13.2 Å². The molecule has 1 saturated heterocycles. The summed E-state index contributed by atoms with van der Waals surface area (Å²) >= 11 is 0.875. The highest BCUT2D eigenvalue weighted by Crippen LogP contribution is 2.30. The number of carbonyl (C=O) groups excluding carboxylic acids is 1. The van der Waals surface area contributed by atoms with E-state index in [0.717, 1.165) is 24.6 Å². The number of alkyl halides is 3. The Morgan fingerprint density at radius 3 is 2.45 bits per heavy atom. The quantitative estimate of drug-likeness (QED) is 0.668. The Morgan fingerprint density at radius 2 is 1.95 bits per heavy atom. The Morgan fingerprint density at radius 1 is 1.35 bits per heavy atom. The number of likely N-dealkylation sites (tertiary alicyclic amines) is 1. The molecule has 2 heterocycles. The zero-order valence-electron chi connectivity index (χ0n) is 10.7. The normalized spacial score (nSPS) is 17.5. The van der Waals surface area contributed by atoms with Crippen LogP contribution in [0.4, 0.5) is 13.2 Å². The Labute approximate surface area is 117 Å². The van der Waals surface area contributed by atoms with Gasteiger partial charge in [-0.05, 0) is 19.8 Å². The van der Waals surface area contributed by atoms with Crippen molar-refractivity contribution in [2.24, 2.45) is 0 Å². The fraction of sp³-hybridized carbons (Fsp3) is 0.700. The number of nitrogens with two attached hydrogens (primary N) is 1. The van der Waals surface area contributed by atoms with Crippen molar-refractivity contribution in [2.75, 3.05) is 18.9 Å². The van der Waals surface area contributed by atoms with Crippen LogP contribution in [0.5, 0.6) is 0 Å². The minimum absolute atomic E-state index is 0.121. The number of halogens is 3. The van der Waals surface area contributed by atoms with Gasteiger partial charge >= 0.3 is 6.18 Å². The minimum Gasteiger partial charge on any atom is -0.342 e. The van der Waals surface area contributed by atoms with Gasteiger partial charge in [-0.3, -0.25) is 4.79 Å². The first kappa shape index (κ1) is 14.9. The molecule has 2 rings (SSSR count). The summed E-state index contributed by atoms with van der Waals surface area (Å²) in [5.41, 5.74) is 0. The molecule has 0 unspecified atom stereocenters. The average Bonchev–Trinajstić information content (AvgIpc) is 2.98. The van der Waals surface area contributed by atoms with Gasteiger partial charge in [0.2, 0.25) is 11.1 Å². The first-order chi connectivity index (χ1) is 9.30. The molecule has 1 aliphatic rings. The van der Waals surface area contributed by atoms with Gasteiger partial charge in [-0.15, -0.1) is 10.2 Å². The van der Waals surface area contributed by atoms with Crippen molar-refractivity contribution in [3.05, 3.63) is 5.82 Å². The number of hydrogen-bond donors (Lipinski definition) is 1. The number of aromatic nitrogens is 3. The summed E-state index contributed by atoms with van der Waals surface area (Å²) in [4.78, 5) is 13.7. The molecule has 2 N–H and O–H groups in total. The number of nitrogen functional groups attached to an aromatic ring is 1. The van der Waals surface area contributed by atoms with E-state index in [2.05, 4.69) is 10.2 Å². The Balaban J connectivity index is 2.06. The molecule has 0 saturated carbocycles. The highest BCUT2D eigenvalue weighted by Gasteiger charge is 2.38. The van der Waals surface area contributed by atoms with Crippen molar-refractivity contribution in [3.63, 3.8) is 0 Å². The second-order valence-electron chi connectivity index (χ2n) is 4.47. The van der Waals surface area contributed by atoms with Crippen LogP contribution in [-0.2, 0) is 11.0 Å². The Bertz CT molecular complexity index is 498. The molecule has 1 fully saturated rings. The summed E-state index contributed by atoms with van der Waals surface area (Å²) in [7, 11) is 0. The van der Waals surface area contributed by atoms with Crippen LogP contribution < -0.4 is 5.84 Å². The SMILES string of the molecule is C[C@@H](Sc1nnc(C(F)(F)F)n1N)C(=O)N1CCCC1. The van der Waals surface area contributed by atoms with Crippen LogP contribution in [0.1, 0.15) is 25.6 Å². The fourth-order valence-electron chi connectivity index (χ4n) is 1.95. The van der Waals surface area contributed by atoms with Crippen molar-refractivity contribution < 1.29 is 18.0 Å². The van der Waals surface area contributed by atoms with Gasteiger partial charge in [0.25, 0.3) is 5.82 Å². The van der Waals surface area contributed by atoms with E-state index in [1.165, 1.54) is 0 Å². The Hall–Kier alpha value is -1.45. The third-order valence-corrected chi connectivity index (χ3v) is 4.01. The fourth-order valence-corrected chi connectivity index (χ4v) is 2.81. The van der Waals surface area contributed by atoms with E-state index in [1.807, 2.05) is 0 Å². The van der Waals surface area contributed by atoms with E-state index < -0.39 is 17.3 Å². The van der Waals surface area contributed by atoms with Crippen molar-refractivity contribution >= 4 is 17.7 Å². The molecule has 20 heavy (non-hydrogen) atoms. The highest BCUT2D eigenvalue weighted by molar-refractivity contribution is 8.00. The molecule has 0 radical (unpaired) electrons. The van der Waals surface area contributed by atoms with Crippen molar-refractivity contribution in [2.45, 2.75) is 36.3 Å². The lowest BCUT2D eigenvalue weighted by Gasteiger charge is -2.19. The third kappa shape index (κ3) is 3.00. The summed E-state index contributed by atoms with van der Waals surface area (Å²) in [6, 6.07) is 0. The van der Waals surface area contributed by atoms with Crippen LogP contribution in [0.3, 0.4) is 0 Å². The lowest BCUT2D eigenvalue weighted by molar-refractivity contribution is -0.146. The highest BCUT2D eigenvalue weighted by atomic mass is 32.2. The lowest BCUT2D eigenvalue weighted by atomic mass is 10.4. The van der Waals surface area contributed by atoms with Gasteiger partial charge < -0.3 is 10.7 Å². The molecule has 0 aromatic carbocycles. The van der Waals surface area contributed by atoms with E-state index in [4.69, 9.17) is 5.84 Å². The predicted octanol–water partition coefficient (Wildman–Crippen LogP) is 1.11. The lowest BCUT2D eigenvalue weighted by Crippen LogP contribution is -2.34. The van der Waals surface area contributed by atoms with Gasteiger partial charge in [-0.25, -0.2) is 4.68 Å². The summed E-state index contributed by atoms with van der Waals surface area (Å²) in [5.74, 6) is 3.92. The smallest absolute Gasteiger partial charge is 0.342 e. The molecule has 1 aromatic rings. The maximum Gasteiger partial charge on any atom is 0.453 e.